The Morgan fingerprint density at radius 2 is 1.92 bits per heavy atom. The van der Waals surface area contributed by atoms with E-state index in [2.05, 4.69) is 5.32 Å². The fraction of sp³-hybridized carbons (Fsp3) is 0.529. The number of nitrogens with two attached hydrogens (primary N) is 1. The average Bonchev–Trinajstić information content (AvgIpc) is 2.61. The van der Waals surface area contributed by atoms with Crippen LogP contribution in [-0.2, 0) is 25.5 Å². The Kier molecular flexibility index (Phi) is 8.18. The van der Waals surface area contributed by atoms with Crippen LogP contribution in [-0.4, -0.2) is 44.8 Å². The van der Waals surface area contributed by atoms with Gasteiger partial charge in [0.1, 0.15) is 6.04 Å². The summed E-state index contributed by atoms with van der Waals surface area (Å²) < 4.78 is 10.1. The summed E-state index contributed by atoms with van der Waals surface area (Å²) in [5.74, 6) is -0.656. The molecule has 1 aromatic carbocycles. The molecule has 6 nitrogen and oxygen atoms in total. The van der Waals surface area contributed by atoms with Crippen LogP contribution in [0.4, 0.5) is 0 Å². The zero-order valence-electron chi connectivity index (χ0n) is 13.8. The highest BCUT2D eigenvalue weighted by molar-refractivity contribution is 5.88. The topological polar surface area (TPSA) is 90.7 Å². The van der Waals surface area contributed by atoms with Crippen molar-refractivity contribution in [2.75, 3.05) is 26.9 Å². The molecule has 24 heavy (non-hydrogen) atoms. The summed E-state index contributed by atoms with van der Waals surface area (Å²) in [6, 6.07) is 8.79. The summed E-state index contributed by atoms with van der Waals surface area (Å²) in [4.78, 5) is 24.8. The van der Waals surface area contributed by atoms with Gasteiger partial charge in [-0.1, -0.05) is 30.3 Å². The molecule has 1 unspecified atom stereocenters. The first-order valence-electron chi connectivity index (χ1n) is 7.82. The number of hydrogen-bond donors (Lipinski definition) is 2. The smallest absolute Gasteiger partial charge is 0.328 e. The Morgan fingerprint density at radius 3 is 2.46 bits per heavy atom. The fourth-order valence-electron chi connectivity index (χ4n) is 2.78. The van der Waals surface area contributed by atoms with Crippen molar-refractivity contribution in [2.24, 2.45) is 11.1 Å². The van der Waals surface area contributed by atoms with Gasteiger partial charge in [0.2, 0.25) is 5.91 Å². The monoisotopic (exact) mass is 356 g/mol. The number of rotatable bonds is 6. The van der Waals surface area contributed by atoms with Gasteiger partial charge in [-0.15, -0.1) is 12.4 Å². The number of amides is 1. The average molecular weight is 357 g/mol. The Morgan fingerprint density at radius 1 is 1.29 bits per heavy atom. The maximum Gasteiger partial charge on any atom is 0.328 e. The fourth-order valence-corrected chi connectivity index (χ4v) is 2.78. The third-order valence-electron chi connectivity index (χ3n) is 4.40. The predicted octanol–water partition coefficient (Wildman–Crippen LogP) is 1.06. The molecule has 1 atom stereocenters. The van der Waals surface area contributed by atoms with Crippen molar-refractivity contribution in [1.29, 1.82) is 0 Å². The Labute approximate surface area is 148 Å². The van der Waals surface area contributed by atoms with Crippen LogP contribution in [0.3, 0.4) is 0 Å². The van der Waals surface area contributed by atoms with E-state index in [9.17, 15) is 9.59 Å². The molecule has 134 valence electrons. The van der Waals surface area contributed by atoms with Gasteiger partial charge in [0.05, 0.1) is 12.5 Å². The minimum absolute atomic E-state index is 0. The van der Waals surface area contributed by atoms with E-state index in [1.165, 1.54) is 7.11 Å². The molecular formula is C17H25ClN2O4. The lowest BCUT2D eigenvalue weighted by Gasteiger charge is -2.35. The van der Waals surface area contributed by atoms with Crippen molar-refractivity contribution in [3.8, 4) is 0 Å². The number of hydrogen-bond acceptors (Lipinski definition) is 5. The second-order valence-electron chi connectivity index (χ2n) is 5.84. The summed E-state index contributed by atoms with van der Waals surface area (Å²) in [6.45, 7) is 1.25. The van der Waals surface area contributed by atoms with Crippen molar-refractivity contribution >= 4 is 24.3 Å². The maximum absolute atomic E-state index is 12.7. The molecule has 2 rings (SSSR count). The first-order chi connectivity index (χ1) is 11.1. The van der Waals surface area contributed by atoms with Gasteiger partial charge in [0, 0.05) is 26.2 Å². The lowest BCUT2D eigenvalue weighted by atomic mass is 9.79. The van der Waals surface area contributed by atoms with E-state index in [1.807, 2.05) is 30.3 Å². The predicted molar refractivity (Wildman–Crippen MR) is 92.9 cm³/mol. The number of ether oxygens (including phenoxy) is 2. The summed E-state index contributed by atoms with van der Waals surface area (Å²) in [7, 11) is 1.32. The second kappa shape index (κ2) is 9.61. The third-order valence-corrected chi connectivity index (χ3v) is 4.40. The number of benzene rings is 1. The second-order valence-corrected chi connectivity index (χ2v) is 5.84. The molecule has 0 bridgehead atoms. The summed E-state index contributed by atoms with van der Waals surface area (Å²) >= 11 is 0. The Balaban J connectivity index is 0.00000288. The van der Waals surface area contributed by atoms with E-state index in [0.29, 0.717) is 32.5 Å². The van der Waals surface area contributed by atoms with Gasteiger partial charge in [0.25, 0.3) is 0 Å². The molecule has 0 aromatic heterocycles. The summed E-state index contributed by atoms with van der Waals surface area (Å²) in [5, 5.41) is 2.83. The van der Waals surface area contributed by atoms with Crippen LogP contribution in [0.2, 0.25) is 0 Å². The molecule has 0 spiro atoms. The van der Waals surface area contributed by atoms with E-state index in [1.54, 1.807) is 0 Å². The van der Waals surface area contributed by atoms with Gasteiger partial charge in [-0.2, -0.15) is 0 Å². The highest BCUT2D eigenvalue weighted by atomic mass is 35.5. The normalized spacial score (nSPS) is 17.2. The van der Waals surface area contributed by atoms with Crippen LogP contribution in [0.1, 0.15) is 18.4 Å². The minimum Gasteiger partial charge on any atom is -0.467 e. The highest BCUT2D eigenvalue weighted by Gasteiger charge is 2.40. The van der Waals surface area contributed by atoms with Gasteiger partial charge in [-0.3, -0.25) is 4.79 Å². The number of nitrogens with one attached hydrogen (secondary N) is 1. The molecule has 3 N–H and O–H groups in total. The van der Waals surface area contributed by atoms with Crippen LogP contribution < -0.4 is 11.1 Å². The lowest BCUT2D eigenvalue weighted by molar-refractivity contribution is -0.148. The van der Waals surface area contributed by atoms with Crippen molar-refractivity contribution in [2.45, 2.75) is 25.3 Å². The largest absolute Gasteiger partial charge is 0.467 e. The summed E-state index contributed by atoms with van der Waals surface area (Å²) in [5.41, 5.74) is 6.13. The quantitative estimate of drug-likeness (QED) is 0.744. The number of esters is 1. The molecule has 0 radical (unpaired) electrons. The number of methoxy groups -OCH3 is 1. The molecule has 7 heteroatoms. The highest BCUT2D eigenvalue weighted by Crippen LogP contribution is 2.29. The molecule has 1 fully saturated rings. The molecule has 0 aliphatic carbocycles. The standard InChI is InChI=1S/C17H24N2O4.ClH/c1-22-15(20)14(11-13-5-3-2-4-6-13)19-16(21)17(12-18)7-9-23-10-8-17;/h2-6,14H,7-12,18H2,1H3,(H,19,21);1H. The first kappa shape index (κ1) is 20.4. The summed E-state index contributed by atoms with van der Waals surface area (Å²) in [6.07, 6.45) is 1.51. The number of carbonyl (C=O) groups is 2. The zero-order valence-corrected chi connectivity index (χ0v) is 14.6. The number of carbonyl (C=O) groups excluding carboxylic acids is 2. The SMILES string of the molecule is COC(=O)C(Cc1ccccc1)NC(=O)C1(CN)CCOCC1.Cl. The molecule has 1 aliphatic rings. The van der Waals surface area contributed by atoms with Crippen LogP contribution in [0.5, 0.6) is 0 Å². The molecular weight excluding hydrogens is 332 g/mol. The van der Waals surface area contributed by atoms with E-state index in [4.69, 9.17) is 15.2 Å². The van der Waals surface area contributed by atoms with Gasteiger partial charge in [-0.05, 0) is 18.4 Å². The maximum atomic E-state index is 12.7. The Hall–Kier alpha value is -1.63. The molecule has 0 saturated carbocycles. The van der Waals surface area contributed by atoms with Crippen molar-refractivity contribution < 1.29 is 19.1 Å². The molecule has 1 saturated heterocycles. The van der Waals surface area contributed by atoms with E-state index < -0.39 is 17.4 Å². The molecule has 1 aromatic rings. The van der Waals surface area contributed by atoms with Crippen molar-refractivity contribution in [3.63, 3.8) is 0 Å². The Bertz CT molecular complexity index is 533. The van der Waals surface area contributed by atoms with E-state index in [0.717, 1.165) is 5.56 Å². The first-order valence-corrected chi connectivity index (χ1v) is 7.82. The third kappa shape index (κ3) is 4.93. The van der Waals surface area contributed by atoms with Gasteiger partial charge in [0.15, 0.2) is 0 Å². The minimum atomic E-state index is -0.721. The van der Waals surface area contributed by atoms with Crippen LogP contribution in [0, 0.1) is 5.41 Å². The molecule has 1 heterocycles. The van der Waals surface area contributed by atoms with Gasteiger partial charge in [-0.25, -0.2) is 4.79 Å². The lowest BCUT2D eigenvalue weighted by Crippen LogP contribution is -2.54. The van der Waals surface area contributed by atoms with Crippen molar-refractivity contribution in [3.05, 3.63) is 35.9 Å². The van der Waals surface area contributed by atoms with E-state index in [-0.39, 0.29) is 24.9 Å². The molecule has 1 amide bonds. The van der Waals surface area contributed by atoms with Crippen LogP contribution in [0.25, 0.3) is 0 Å². The number of halogens is 1. The van der Waals surface area contributed by atoms with Gasteiger partial charge >= 0.3 is 5.97 Å². The van der Waals surface area contributed by atoms with E-state index >= 15 is 0 Å². The zero-order chi connectivity index (χ0) is 16.7. The van der Waals surface area contributed by atoms with Crippen molar-refractivity contribution in [1.82, 2.24) is 5.32 Å². The molecule has 1 aliphatic heterocycles. The van der Waals surface area contributed by atoms with Gasteiger partial charge < -0.3 is 20.5 Å². The van der Waals surface area contributed by atoms with Crippen LogP contribution >= 0.6 is 12.4 Å². The van der Waals surface area contributed by atoms with Crippen LogP contribution in [0.15, 0.2) is 30.3 Å².